The second-order valence-corrected chi connectivity index (χ2v) is 4.53. The van der Waals surface area contributed by atoms with Gasteiger partial charge >= 0.3 is 0 Å². The molecule has 106 valence electrons. The number of hydrogen-bond acceptors (Lipinski definition) is 4. The van der Waals surface area contributed by atoms with Crippen LogP contribution in [0.15, 0.2) is 36.5 Å². The number of para-hydroxylation sites is 1. The fourth-order valence-electron chi connectivity index (χ4n) is 1.81. The monoisotopic (exact) mass is 273 g/mol. The van der Waals surface area contributed by atoms with E-state index in [-0.39, 0.29) is 5.91 Å². The number of nitrogens with one attached hydrogen (secondary N) is 1. The van der Waals surface area contributed by atoms with E-state index in [2.05, 4.69) is 15.6 Å². The summed E-state index contributed by atoms with van der Waals surface area (Å²) in [5.41, 5.74) is 7.17. The molecular formula is C14H19N5O. The van der Waals surface area contributed by atoms with E-state index in [9.17, 15) is 4.79 Å². The Morgan fingerprint density at radius 1 is 1.30 bits per heavy atom. The van der Waals surface area contributed by atoms with Crippen LogP contribution in [0.4, 0.5) is 5.69 Å². The summed E-state index contributed by atoms with van der Waals surface area (Å²) < 4.78 is 1.69. The number of amides is 1. The smallest absolute Gasteiger partial charge is 0.226 e. The van der Waals surface area contributed by atoms with Crippen LogP contribution in [0, 0.1) is 0 Å². The number of aromatic nitrogens is 3. The molecule has 1 amide bonds. The predicted molar refractivity (Wildman–Crippen MR) is 77.1 cm³/mol. The molecule has 6 heteroatoms. The van der Waals surface area contributed by atoms with Gasteiger partial charge in [-0.25, -0.2) is 0 Å². The highest BCUT2D eigenvalue weighted by molar-refractivity contribution is 5.90. The summed E-state index contributed by atoms with van der Waals surface area (Å²) in [7, 11) is 0. The fraction of sp³-hybridized carbons (Fsp3) is 0.357. The number of nitrogens with two attached hydrogens (primary N) is 1. The highest BCUT2D eigenvalue weighted by Gasteiger charge is 2.05. The SMILES string of the molecule is NCCCc1cn(CCC(=O)Nc2ccccc2)nn1. The molecule has 0 atom stereocenters. The molecule has 0 fully saturated rings. The second kappa shape index (κ2) is 7.40. The van der Waals surface area contributed by atoms with Crippen LogP contribution in [-0.2, 0) is 17.8 Å². The number of aryl methyl sites for hydroxylation is 2. The average Bonchev–Trinajstić information content (AvgIpc) is 2.92. The molecule has 3 N–H and O–H groups in total. The van der Waals surface area contributed by atoms with Crippen LogP contribution >= 0.6 is 0 Å². The van der Waals surface area contributed by atoms with Crippen LogP contribution in [0.3, 0.4) is 0 Å². The van der Waals surface area contributed by atoms with Gasteiger partial charge < -0.3 is 11.1 Å². The second-order valence-electron chi connectivity index (χ2n) is 4.53. The summed E-state index contributed by atoms with van der Waals surface area (Å²) in [5.74, 6) is -0.0322. The number of nitrogens with zero attached hydrogens (tertiary/aromatic N) is 3. The van der Waals surface area contributed by atoms with E-state index in [0.717, 1.165) is 24.2 Å². The lowest BCUT2D eigenvalue weighted by Gasteiger charge is -2.04. The Balaban J connectivity index is 1.77. The Bertz CT molecular complexity index is 538. The van der Waals surface area contributed by atoms with Crippen molar-refractivity contribution in [3.8, 4) is 0 Å². The van der Waals surface area contributed by atoms with Crippen LogP contribution in [0.5, 0.6) is 0 Å². The molecule has 0 radical (unpaired) electrons. The first-order valence-electron chi connectivity index (χ1n) is 6.72. The minimum absolute atomic E-state index is 0.0322. The zero-order valence-corrected chi connectivity index (χ0v) is 11.3. The zero-order valence-electron chi connectivity index (χ0n) is 11.3. The molecule has 0 aliphatic carbocycles. The largest absolute Gasteiger partial charge is 0.330 e. The van der Waals surface area contributed by atoms with Crippen LogP contribution < -0.4 is 11.1 Å². The molecule has 2 rings (SSSR count). The van der Waals surface area contributed by atoms with E-state index < -0.39 is 0 Å². The first kappa shape index (κ1) is 14.2. The molecule has 1 aromatic carbocycles. The highest BCUT2D eigenvalue weighted by Crippen LogP contribution is 2.06. The van der Waals surface area contributed by atoms with Crippen molar-refractivity contribution >= 4 is 11.6 Å². The number of benzene rings is 1. The summed E-state index contributed by atoms with van der Waals surface area (Å²) >= 11 is 0. The van der Waals surface area contributed by atoms with Crippen LogP contribution in [-0.4, -0.2) is 27.4 Å². The first-order chi connectivity index (χ1) is 9.78. The Labute approximate surface area is 118 Å². The quantitative estimate of drug-likeness (QED) is 0.793. The van der Waals surface area contributed by atoms with Crippen molar-refractivity contribution in [3.63, 3.8) is 0 Å². The van der Waals surface area contributed by atoms with E-state index in [1.54, 1.807) is 4.68 Å². The van der Waals surface area contributed by atoms with E-state index in [4.69, 9.17) is 5.73 Å². The van der Waals surface area contributed by atoms with Gasteiger partial charge in [0.2, 0.25) is 5.91 Å². The third-order valence-corrected chi connectivity index (χ3v) is 2.85. The van der Waals surface area contributed by atoms with E-state index in [0.29, 0.717) is 19.5 Å². The number of carbonyl (C=O) groups is 1. The molecule has 1 aromatic heterocycles. The fourth-order valence-corrected chi connectivity index (χ4v) is 1.81. The molecule has 0 aliphatic heterocycles. The third-order valence-electron chi connectivity index (χ3n) is 2.85. The van der Waals surface area contributed by atoms with E-state index in [1.165, 1.54) is 0 Å². The van der Waals surface area contributed by atoms with Crippen LogP contribution in [0.2, 0.25) is 0 Å². The molecule has 0 unspecified atom stereocenters. The number of anilines is 1. The molecule has 0 aliphatic rings. The lowest BCUT2D eigenvalue weighted by Crippen LogP contribution is -2.14. The predicted octanol–water partition coefficient (Wildman–Crippen LogP) is 1.20. The summed E-state index contributed by atoms with van der Waals surface area (Å²) in [6.07, 6.45) is 3.96. The van der Waals surface area contributed by atoms with Crippen molar-refractivity contribution in [2.24, 2.45) is 5.73 Å². The molecule has 0 spiro atoms. The lowest BCUT2D eigenvalue weighted by atomic mass is 10.2. The third kappa shape index (κ3) is 4.47. The normalized spacial score (nSPS) is 10.4. The molecule has 2 aromatic rings. The van der Waals surface area contributed by atoms with Gasteiger partial charge in [-0.15, -0.1) is 5.10 Å². The van der Waals surface area contributed by atoms with E-state index >= 15 is 0 Å². The number of carbonyl (C=O) groups excluding carboxylic acids is 1. The number of rotatable bonds is 7. The van der Waals surface area contributed by atoms with Gasteiger partial charge in [-0.1, -0.05) is 23.4 Å². The average molecular weight is 273 g/mol. The topological polar surface area (TPSA) is 85.8 Å². The number of hydrogen-bond donors (Lipinski definition) is 2. The van der Waals surface area contributed by atoms with Gasteiger partial charge in [0.25, 0.3) is 0 Å². The Morgan fingerprint density at radius 3 is 2.85 bits per heavy atom. The standard InChI is InChI=1S/C14H19N5O/c15-9-4-7-13-11-19(18-17-13)10-8-14(20)16-12-5-2-1-3-6-12/h1-3,5-6,11H,4,7-10,15H2,(H,16,20). The van der Waals surface area contributed by atoms with Gasteiger partial charge in [-0.2, -0.15) is 0 Å². The lowest BCUT2D eigenvalue weighted by molar-refractivity contribution is -0.116. The molecule has 0 bridgehead atoms. The van der Waals surface area contributed by atoms with E-state index in [1.807, 2.05) is 36.5 Å². The highest BCUT2D eigenvalue weighted by atomic mass is 16.1. The molecular weight excluding hydrogens is 254 g/mol. The van der Waals surface area contributed by atoms with Crippen molar-refractivity contribution in [3.05, 3.63) is 42.2 Å². The Morgan fingerprint density at radius 2 is 2.10 bits per heavy atom. The summed E-state index contributed by atoms with van der Waals surface area (Å²) in [6, 6.07) is 9.40. The van der Waals surface area contributed by atoms with Gasteiger partial charge in [-0.3, -0.25) is 9.48 Å². The molecule has 1 heterocycles. The molecule has 0 saturated heterocycles. The Kier molecular flexibility index (Phi) is 5.25. The van der Waals surface area contributed by atoms with Crippen molar-refractivity contribution in [2.45, 2.75) is 25.8 Å². The summed E-state index contributed by atoms with van der Waals surface area (Å²) in [5, 5.41) is 10.9. The van der Waals surface area contributed by atoms with Crippen LogP contribution in [0.25, 0.3) is 0 Å². The van der Waals surface area contributed by atoms with Crippen molar-refractivity contribution in [1.29, 1.82) is 0 Å². The Hall–Kier alpha value is -2.21. The zero-order chi connectivity index (χ0) is 14.2. The minimum Gasteiger partial charge on any atom is -0.330 e. The van der Waals surface area contributed by atoms with Crippen molar-refractivity contribution < 1.29 is 4.79 Å². The maximum absolute atomic E-state index is 11.8. The minimum atomic E-state index is -0.0322. The van der Waals surface area contributed by atoms with Crippen LogP contribution in [0.1, 0.15) is 18.5 Å². The van der Waals surface area contributed by atoms with Gasteiger partial charge in [0.1, 0.15) is 0 Å². The molecule has 6 nitrogen and oxygen atoms in total. The summed E-state index contributed by atoms with van der Waals surface area (Å²) in [6.45, 7) is 1.17. The molecule has 0 saturated carbocycles. The van der Waals surface area contributed by atoms with Crippen molar-refractivity contribution in [1.82, 2.24) is 15.0 Å². The summed E-state index contributed by atoms with van der Waals surface area (Å²) in [4.78, 5) is 11.8. The maximum Gasteiger partial charge on any atom is 0.226 e. The van der Waals surface area contributed by atoms with Crippen molar-refractivity contribution in [2.75, 3.05) is 11.9 Å². The molecule has 20 heavy (non-hydrogen) atoms. The van der Waals surface area contributed by atoms with Gasteiger partial charge in [0.05, 0.1) is 12.2 Å². The maximum atomic E-state index is 11.8. The first-order valence-corrected chi connectivity index (χ1v) is 6.72. The van der Waals surface area contributed by atoms with Gasteiger partial charge in [0.15, 0.2) is 0 Å². The van der Waals surface area contributed by atoms with Gasteiger partial charge in [-0.05, 0) is 31.5 Å². The van der Waals surface area contributed by atoms with Gasteiger partial charge in [0, 0.05) is 18.3 Å².